The first-order valence-corrected chi connectivity index (χ1v) is 7.11. The number of rotatable bonds is 4. The lowest BCUT2D eigenvalue weighted by Crippen LogP contribution is -2.28. The van der Waals surface area contributed by atoms with Gasteiger partial charge in [-0.1, -0.05) is 5.16 Å². The topological polar surface area (TPSA) is 76.3 Å². The molecule has 0 radical (unpaired) electrons. The second-order valence-electron chi connectivity index (χ2n) is 4.05. The SMILES string of the molecule is Cc1nc(CS(=O)(=O)N(C)c2ccc(F)c(F)c2)no1. The summed E-state index contributed by atoms with van der Waals surface area (Å²) in [6.45, 7) is 1.53. The summed E-state index contributed by atoms with van der Waals surface area (Å²) in [7, 11) is -2.59. The second kappa shape index (κ2) is 5.16. The van der Waals surface area contributed by atoms with Gasteiger partial charge in [0.1, 0.15) is 5.75 Å². The van der Waals surface area contributed by atoms with Crippen molar-refractivity contribution in [1.29, 1.82) is 0 Å². The first-order valence-electron chi connectivity index (χ1n) is 5.50. The Morgan fingerprint density at radius 1 is 1.30 bits per heavy atom. The number of anilines is 1. The van der Waals surface area contributed by atoms with E-state index in [2.05, 4.69) is 14.7 Å². The van der Waals surface area contributed by atoms with E-state index in [0.717, 1.165) is 22.5 Å². The minimum atomic E-state index is -3.82. The molecule has 0 amide bonds. The number of hydrogen-bond donors (Lipinski definition) is 0. The van der Waals surface area contributed by atoms with Crippen LogP contribution in [0.3, 0.4) is 0 Å². The first-order chi connectivity index (χ1) is 9.29. The molecule has 108 valence electrons. The average molecular weight is 303 g/mol. The zero-order valence-corrected chi connectivity index (χ0v) is 11.5. The summed E-state index contributed by atoms with van der Waals surface area (Å²) in [6, 6.07) is 2.82. The Hall–Kier alpha value is -2.03. The van der Waals surface area contributed by atoms with Crippen LogP contribution in [0.15, 0.2) is 22.7 Å². The van der Waals surface area contributed by atoms with Crippen LogP contribution in [0.4, 0.5) is 14.5 Å². The molecule has 0 aliphatic rings. The van der Waals surface area contributed by atoms with Gasteiger partial charge in [-0.2, -0.15) is 4.98 Å². The van der Waals surface area contributed by atoms with E-state index in [1.807, 2.05) is 0 Å². The van der Waals surface area contributed by atoms with Crippen LogP contribution in [0.2, 0.25) is 0 Å². The van der Waals surface area contributed by atoms with Crippen molar-refractivity contribution in [1.82, 2.24) is 10.1 Å². The van der Waals surface area contributed by atoms with Gasteiger partial charge in [0.05, 0.1) is 5.69 Å². The number of sulfonamides is 1. The van der Waals surface area contributed by atoms with Gasteiger partial charge >= 0.3 is 0 Å². The van der Waals surface area contributed by atoms with E-state index in [1.165, 1.54) is 14.0 Å². The predicted octanol–water partition coefficient (Wildman–Crippen LogP) is 1.62. The zero-order valence-electron chi connectivity index (χ0n) is 10.7. The quantitative estimate of drug-likeness (QED) is 0.858. The van der Waals surface area contributed by atoms with E-state index in [9.17, 15) is 17.2 Å². The molecule has 0 spiro atoms. The lowest BCUT2D eigenvalue weighted by Gasteiger charge is -2.18. The van der Waals surface area contributed by atoms with Crippen molar-refractivity contribution in [3.05, 3.63) is 41.5 Å². The molecule has 0 saturated carbocycles. The van der Waals surface area contributed by atoms with Gasteiger partial charge in [0.25, 0.3) is 0 Å². The maximum atomic E-state index is 13.1. The van der Waals surface area contributed by atoms with Crippen LogP contribution in [0, 0.1) is 18.6 Å². The molecule has 6 nitrogen and oxygen atoms in total. The molecule has 2 rings (SSSR count). The van der Waals surface area contributed by atoms with Crippen molar-refractivity contribution in [2.45, 2.75) is 12.7 Å². The highest BCUT2D eigenvalue weighted by Gasteiger charge is 2.22. The summed E-state index contributed by atoms with van der Waals surface area (Å²) >= 11 is 0. The van der Waals surface area contributed by atoms with Crippen molar-refractivity contribution >= 4 is 15.7 Å². The molecular weight excluding hydrogens is 292 g/mol. The maximum absolute atomic E-state index is 13.1. The van der Waals surface area contributed by atoms with Crippen LogP contribution in [-0.4, -0.2) is 25.6 Å². The lowest BCUT2D eigenvalue weighted by atomic mass is 10.3. The van der Waals surface area contributed by atoms with E-state index in [0.29, 0.717) is 0 Å². The number of benzene rings is 1. The van der Waals surface area contributed by atoms with Crippen molar-refractivity contribution in [2.24, 2.45) is 0 Å². The smallest absolute Gasteiger partial charge is 0.242 e. The average Bonchev–Trinajstić information content (AvgIpc) is 2.76. The molecule has 9 heteroatoms. The minimum absolute atomic E-state index is 0.00284. The van der Waals surface area contributed by atoms with Gasteiger partial charge in [-0.3, -0.25) is 4.31 Å². The number of aryl methyl sites for hydroxylation is 1. The monoisotopic (exact) mass is 303 g/mol. The Kier molecular flexibility index (Phi) is 3.71. The zero-order chi connectivity index (χ0) is 14.9. The summed E-state index contributed by atoms with van der Waals surface area (Å²) in [5, 5.41) is 3.48. The Morgan fingerprint density at radius 2 is 2.00 bits per heavy atom. The van der Waals surface area contributed by atoms with Crippen LogP contribution < -0.4 is 4.31 Å². The van der Waals surface area contributed by atoms with Crippen molar-refractivity contribution < 1.29 is 21.7 Å². The van der Waals surface area contributed by atoms with Crippen LogP contribution in [0.25, 0.3) is 0 Å². The normalized spacial score (nSPS) is 11.6. The van der Waals surface area contributed by atoms with Crippen LogP contribution in [-0.2, 0) is 15.8 Å². The Balaban J connectivity index is 2.26. The van der Waals surface area contributed by atoms with E-state index in [-0.39, 0.29) is 17.4 Å². The third-order valence-electron chi connectivity index (χ3n) is 2.57. The molecule has 0 saturated heterocycles. The highest BCUT2D eigenvalue weighted by atomic mass is 32.2. The summed E-state index contributed by atoms with van der Waals surface area (Å²) in [6.07, 6.45) is 0. The molecule has 1 heterocycles. The Labute approximate surface area is 114 Å². The highest BCUT2D eigenvalue weighted by Crippen LogP contribution is 2.20. The van der Waals surface area contributed by atoms with Gasteiger partial charge in [-0.05, 0) is 12.1 Å². The van der Waals surface area contributed by atoms with E-state index >= 15 is 0 Å². The van der Waals surface area contributed by atoms with Crippen molar-refractivity contribution in [2.75, 3.05) is 11.4 Å². The molecule has 20 heavy (non-hydrogen) atoms. The minimum Gasteiger partial charge on any atom is -0.340 e. The molecule has 1 aromatic heterocycles. The Morgan fingerprint density at radius 3 is 2.55 bits per heavy atom. The fourth-order valence-electron chi connectivity index (χ4n) is 1.50. The molecule has 0 atom stereocenters. The van der Waals surface area contributed by atoms with Gasteiger partial charge in [0.2, 0.25) is 15.9 Å². The van der Waals surface area contributed by atoms with Crippen LogP contribution in [0.5, 0.6) is 0 Å². The molecule has 1 aromatic carbocycles. The largest absolute Gasteiger partial charge is 0.340 e. The summed E-state index contributed by atoms with van der Waals surface area (Å²) in [4.78, 5) is 3.79. The van der Waals surface area contributed by atoms with Gasteiger partial charge in [0.15, 0.2) is 17.5 Å². The first kappa shape index (κ1) is 14.4. The van der Waals surface area contributed by atoms with E-state index in [1.54, 1.807) is 0 Å². The molecular formula is C11H11F2N3O3S. The van der Waals surface area contributed by atoms with Crippen molar-refractivity contribution in [3.63, 3.8) is 0 Å². The van der Waals surface area contributed by atoms with Gasteiger partial charge in [-0.25, -0.2) is 17.2 Å². The molecule has 0 unspecified atom stereocenters. The fraction of sp³-hybridized carbons (Fsp3) is 0.273. The number of nitrogens with zero attached hydrogens (tertiary/aromatic N) is 3. The van der Waals surface area contributed by atoms with Gasteiger partial charge in [-0.15, -0.1) is 0 Å². The van der Waals surface area contributed by atoms with E-state index in [4.69, 9.17) is 0 Å². The molecule has 0 N–H and O–H groups in total. The molecule has 0 fully saturated rings. The standard InChI is InChI=1S/C11H11F2N3O3S/c1-7-14-11(15-19-7)6-20(17,18)16(2)8-3-4-9(12)10(13)5-8/h3-5H,6H2,1-2H3. The summed E-state index contributed by atoms with van der Waals surface area (Å²) in [5.41, 5.74) is 0.00381. The Bertz CT molecular complexity index is 730. The van der Waals surface area contributed by atoms with Gasteiger partial charge < -0.3 is 4.52 Å². The number of aromatic nitrogens is 2. The molecule has 2 aromatic rings. The third kappa shape index (κ3) is 2.93. The van der Waals surface area contributed by atoms with Crippen LogP contribution >= 0.6 is 0 Å². The summed E-state index contributed by atoms with van der Waals surface area (Å²) in [5.74, 6) is -2.43. The predicted molar refractivity (Wildman–Crippen MR) is 66.4 cm³/mol. The second-order valence-corrected chi connectivity index (χ2v) is 6.05. The number of halogens is 2. The molecule has 0 bridgehead atoms. The van der Waals surface area contributed by atoms with Gasteiger partial charge in [0, 0.05) is 20.0 Å². The highest BCUT2D eigenvalue weighted by molar-refractivity contribution is 7.92. The third-order valence-corrected chi connectivity index (χ3v) is 4.23. The fourth-order valence-corrected chi connectivity index (χ4v) is 2.57. The summed E-state index contributed by atoms with van der Waals surface area (Å²) < 4.78 is 55.7. The molecule has 0 aliphatic carbocycles. The lowest BCUT2D eigenvalue weighted by molar-refractivity contribution is 0.388. The molecule has 0 aliphatic heterocycles. The van der Waals surface area contributed by atoms with Crippen molar-refractivity contribution in [3.8, 4) is 0 Å². The van der Waals surface area contributed by atoms with E-state index < -0.39 is 27.4 Å². The van der Waals surface area contributed by atoms with Crippen LogP contribution in [0.1, 0.15) is 11.7 Å². The maximum Gasteiger partial charge on any atom is 0.242 e. The number of hydrogen-bond acceptors (Lipinski definition) is 5.